The second kappa shape index (κ2) is 10.3. The zero-order valence-corrected chi connectivity index (χ0v) is 21.8. The summed E-state index contributed by atoms with van der Waals surface area (Å²) in [5, 5.41) is 3.28. The molecule has 3 aromatic rings. The van der Waals surface area contributed by atoms with E-state index in [2.05, 4.69) is 10.2 Å². The Morgan fingerprint density at radius 2 is 1.95 bits per heavy atom. The van der Waals surface area contributed by atoms with Crippen LogP contribution in [0.2, 0.25) is 0 Å². The molecule has 1 atom stereocenters. The van der Waals surface area contributed by atoms with Crippen molar-refractivity contribution in [3.05, 3.63) is 82.2 Å². The number of anilines is 2. The van der Waals surface area contributed by atoms with Crippen LogP contribution >= 0.6 is 0 Å². The number of hydrogen-bond donors (Lipinski definition) is 1. The molecule has 196 valence electrons. The van der Waals surface area contributed by atoms with Crippen molar-refractivity contribution >= 4 is 23.4 Å². The molecule has 2 heterocycles. The van der Waals surface area contributed by atoms with Crippen molar-refractivity contribution in [3.63, 3.8) is 0 Å². The van der Waals surface area contributed by atoms with Crippen molar-refractivity contribution in [2.75, 3.05) is 25.0 Å². The van der Waals surface area contributed by atoms with E-state index in [1.165, 1.54) is 12.1 Å². The number of amides is 1. The molecule has 2 aliphatic rings. The Balaban J connectivity index is 1.55. The summed E-state index contributed by atoms with van der Waals surface area (Å²) < 4.78 is 25.2. The van der Waals surface area contributed by atoms with Gasteiger partial charge < -0.3 is 19.7 Å². The van der Waals surface area contributed by atoms with Gasteiger partial charge in [-0.25, -0.2) is 24.0 Å². The van der Waals surface area contributed by atoms with Crippen molar-refractivity contribution in [1.29, 1.82) is 0 Å². The predicted octanol–water partition coefficient (Wildman–Crippen LogP) is 6.16. The van der Waals surface area contributed by atoms with Crippen LogP contribution in [-0.2, 0) is 17.6 Å². The number of halogens is 1. The van der Waals surface area contributed by atoms with E-state index in [-0.39, 0.29) is 18.3 Å². The molecular weight excluding hydrogens is 485 g/mol. The molecule has 2 aromatic carbocycles. The van der Waals surface area contributed by atoms with Crippen molar-refractivity contribution in [2.45, 2.75) is 51.6 Å². The van der Waals surface area contributed by atoms with Gasteiger partial charge >= 0.3 is 6.09 Å². The van der Waals surface area contributed by atoms with Gasteiger partial charge in [0.05, 0.1) is 24.5 Å². The van der Waals surface area contributed by atoms with E-state index in [1.807, 2.05) is 32.9 Å². The van der Waals surface area contributed by atoms with E-state index >= 15 is 0 Å². The molecule has 1 amide bonds. The quantitative estimate of drug-likeness (QED) is 0.391. The summed E-state index contributed by atoms with van der Waals surface area (Å²) in [6.07, 6.45) is 1.73. The van der Waals surface area contributed by atoms with Crippen molar-refractivity contribution < 1.29 is 18.7 Å². The molecule has 0 spiro atoms. The first kappa shape index (κ1) is 25.5. The largest absolute Gasteiger partial charge is 0.503 e. The van der Waals surface area contributed by atoms with Crippen LogP contribution in [0.3, 0.4) is 0 Å². The molecule has 9 heteroatoms. The van der Waals surface area contributed by atoms with E-state index in [1.54, 1.807) is 23.1 Å². The normalized spacial score (nSPS) is 17.0. The highest BCUT2D eigenvalue weighted by molar-refractivity contribution is 5.69. The molecule has 0 saturated heterocycles. The first-order valence-electron chi connectivity index (χ1n) is 12.7. The SMILES string of the molecule is [C-]#[N+]c1ccc2cc1OCCN(C(=O)OC(C)(C)C)CCc1nc(nc3c1CCC3c1ccc(F)cc1)N2. The lowest BCUT2D eigenvalue weighted by atomic mass is 9.96. The summed E-state index contributed by atoms with van der Waals surface area (Å²) in [6.45, 7) is 13.9. The Morgan fingerprint density at radius 3 is 2.68 bits per heavy atom. The average Bonchev–Trinajstić information content (AvgIpc) is 3.29. The minimum absolute atomic E-state index is 0.0222. The maximum absolute atomic E-state index is 13.6. The molecule has 0 fully saturated rings. The summed E-state index contributed by atoms with van der Waals surface area (Å²) in [7, 11) is 0. The standard InChI is InChI=1S/C29H30FN5O3/c1-29(2,3)38-28(36)35-14-13-23-22-11-10-21(18-5-7-19(30)8-6-18)26(22)34-27(33-23)32-20-9-12-24(31-4)25(17-20)37-16-15-35/h5-9,12,17,21H,10-11,13-16H2,1-3H3,(H,32,33,34). The van der Waals surface area contributed by atoms with Crippen LogP contribution in [0.4, 0.5) is 26.5 Å². The van der Waals surface area contributed by atoms with Crippen LogP contribution in [-0.4, -0.2) is 46.3 Å². The number of hydrogen-bond acceptors (Lipinski definition) is 6. The summed E-state index contributed by atoms with van der Waals surface area (Å²) in [5.74, 6) is 0.594. The zero-order chi connectivity index (χ0) is 26.9. The first-order chi connectivity index (χ1) is 18.2. The third kappa shape index (κ3) is 5.54. The second-order valence-electron chi connectivity index (χ2n) is 10.5. The molecule has 1 N–H and O–H groups in total. The van der Waals surface area contributed by atoms with Gasteiger partial charge in [-0.05, 0) is 69.0 Å². The number of aromatic nitrogens is 2. The van der Waals surface area contributed by atoms with E-state index in [4.69, 9.17) is 26.0 Å². The summed E-state index contributed by atoms with van der Waals surface area (Å²) in [6, 6.07) is 11.8. The number of benzene rings is 2. The molecule has 1 aromatic heterocycles. The number of rotatable bonds is 1. The van der Waals surface area contributed by atoms with E-state index in [9.17, 15) is 9.18 Å². The Bertz CT molecular complexity index is 1400. The number of ether oxygens (including phenoxy) is 2. The number of carbonyl (C=O) groups excluding carboxylic acids is 1. The molecule has 1 unspecified atom stereocenters. The number of carbonyl (C=O) groups is 1. The topological polar surface area (TPSA) is 80.9 Å². The van der Waals surface area contributed by atoms with Gasteiger partial charge in [0.25, 0.3) is 0 Å². The summed E-state index contributed by atoms with van der Waals surface area (Å²) >= 11 is 0. The van der Waals surface area contributed by atoms with Crippen molar-refractivity contribution in [2.24, 2.45) is 0 Å². The highest BCUT2D eigenvalue weighted by Crippen LogP contribution is 2.39. The molecule has 38 heavy (non-hydrogen) atoms. The molecule has 1 aliphatic carbocycles. The molecular formula is C29H30FN5O3. The van der Waals surface area contributed by atoms with E-state index in [0.29, 0.717) is 42.6 Å². The van der Waals surface area contributed by atoms with E-state index in [0.717, 1.165) is 35.4 Å². The zero-order valence-electron chi connectivity index (χ0n) is 21.8. The smallest absolute Gasteiger partial charge is 0.410 e. The maximum atomic E-state index is 13.6. The lowest BCUT2D eigenvalue weighted by Gasteiger charge is -2.27. The first-order valence-corrected chi connectivity index (χ1v) is 12.7. The van der Waals surface area contributed by atoms with Crippen LogP contribution in [0.5, 0.6) is 5.75 Å². The van der Waals surface area contributed by atoms with Crippen LogP contribution in [0.1, 0.15) is 55.6 Å². The van der Waals surface area contributed by atoms with Crippen molar-refractivity contribution in [1.82, 2.24) is 14.9 Å². The summed E-state index contributed by atoms with van der Waals surface area (Å²) in [5.41, 5.74) is 4.29. The molecule has 0 radical (unpaired) electrons. The van der Waals surface area contributed by atoms with Gasteiger partial charge in [-0.1, -0.05) is 18.2 Å². The van der Waals surface area contributed by atoms with Crippen LogP contribution in [0, 0.1) is 12.4 Å². The third-order valence-electron chi connectivity index (χ3n) is 6.64. The van der Waals surface area contributed by atoms with Crippen LogP contribution in [0.25, 0.3) is 4.85 Å². The number of nitrogens with one attached hydrogen (secondary N) is 1. The highest BCUT2D eigenvalue weighted by atomic mass is 19.1. The fraction of sp³-hybridized carbons (Fsp3) is 0.379. The van der Waals surface area contributed by atoms with Crippen LogP contribution in [0.15, 0.2) is 42.5 Å². The fourth-order valence-electron chi connectivity index (χ4n) is 4.87. The number of fused-ring (bicyclic) bond motifs is 6. The highest BCUT2D eigenvalue weighted by Gasteiger charge is 2.30. The Hall–Kier alpha value is -4.19. The molecule has 1 aliphatic heterocycles. The molecule has 5 rings (SSSR count). The second-order valence-corrected chi connectivity index (χ2v) is 10.5. The van der Waals surface area contributed by atoms with E-state index < -0.39 is 11.7 Å². The lowest BCUT2D eigenvalue weighted by Crippen LogP contribution is -2.40. The lowest BCUT2D eigenvalue weighted by molar-refractivity contribution is 0.0228. The molecule has 4 bridgehead atoms. The van der Waals surface area contributed by atoms with Crippen molar-refractivity contribution in [3.8, 4) is 5.75 Å². The van der Waals surface area contributed by atoms with Gasteiger partial charge in [-0.15, -0.1) is 0 Å². The average molecular weight is 516 g/mol. The molecule has 8 nitrogen and oxygen atoms in total. The monoisotopic (exact) mass is 515 g/mol. The number of nitrogens with zero attached hydrogens (tertiary/aromatic N) is 4. The Kier molecular flexibility index (Phi) is 6.89. The van der Waals surface area contributed by atoms with Gasteiger partial charge in [0.2, 0.25) is 11.6 Å². The molecule has 0 saturated carbocycles. The van der Waals surface area contributed by atoms with Gasteiger partial charge in [0.1, 0.15) is 23.8 Å². The van der Waals surface area contributed by atoms with Gasteiger partial charge in [-0.3, -0.25) is 0 Å². The third-order valence-corrected chi connectivity index (χ3v) is 6.64. The Morgan fingerprint density at radius 1 is 1.16 bits per heavy atom. The predicted molar refractivity (Wildman–Crippen MR) is 142 cm³/mol. The fourth-order valence-corrected chi connectivity index (χ4v) is 4.87. The van der Waals surface area contributed by atoms with Gasteiger partial charge in [0, 0.05) is 24.6 Å². The van der Waals surface area contributed by atoms with Crippen LogP contribution < -0.4 is 10.1 Å². The van der Waals surface area contributed by atoms with Gasteiger partial charge in [-0.2, -0.15) is 0 Å². The maximum Gasteiger partial charge on any atom is 0.410 e. The van der Waals surface area contributed by atoms with Gasteiger partial charge in [0.15, 0.2) is 0 Å². The minimum atomic E-state index is -0.639. The minimum Gasteiger partial charge on any atom is -0.503 e. The summed E-state index contributed by atoms with van der Waals surface area (Å²) in [4.78, 5) is 28.0. The Labute approximate surface area is 221 Å².